The van der Waals surface area contributed by atoms with Gasteiger partial charge in [-0.05, 0) is 62.7 Å². The molecule has 1 amide bonds. The fourth-order valence-corrected chi connectivity index (χ4v) is 6.42. The van der Waals surface area contributed by atoms with E-state index in [1.165, 1.54) is 36.4 Å². The first-order valence-electron chi connectivity index (χ1n) is 13.2. The molecule has 0 aliphatic rings. The first-order chi connectivity index (χ1) is 20.5. The van der Waals surface area contributed by atoms with Gasteiger partial charge in [-0.3, -0.25) is 14.9 Å². The highest BCUT2D eigenvalue weighted by Gasteiger charge is 2.34. The minimum Gasteiger partial charge on any atom is -0.462 e. The van der Waals surface area contributed by atoms with E-state index in [2.05, 4.69) is 0 Å². The summed E-state index contributed by atoms with van der Waals surface area (Å²) in [6.45, 7) is 5.19. The lowest BCUT2D eigenvalue weighted by Gasteiger charge is -2.24. The molecule has 0 saturated heterocycles. The van der Waals surface area contributed by atoms with Gasteiger partial charge in [0.15, 0.2) is 0 Å². The smallest absolute Gasteiger partial charge is 0.342 e. The fourth-order valence-electron chi connectivity index (χ4n) is 4.81. The van der Waals surface area contributed by atoms with Crippen LogP contribution >= 0.6 is 0 Å². The maximum atomic E-state index is 14.2. The molecular weight excluding hydrogens is 572 g/mol. The number of carbonyl (C=O) groups is 2. The van der Waals surface area contributed by atoms with Gasteiger partial charge in [0.1, 0.15) is 16.9 Å². The molecule has 0 unspecified atom stereocenters. The van der Waals surface area contributed by atoms with Crippen molar-refractivity contribution in [2.45, 2.75) is 25.7 Å². The summed E-state index contributed by atoms with van der Waals surface area (Å²) in [5.74, 6) is -1.39. The standard InChI is InChI=1S/C32H26N2O8S/c1-4-41-32(36)29-26-19-25(15-16-27(26)42-30(29)22-8-6-5-7-9-22)33(31(35)23-11-13-24(14-12-23)34(37)38)43(39,40)28-17-10-20(2)18-21(28)3/h5-19H,4H2,1-3H3. The minimum absolute atomic E-state index is 0.0678. The van der Waals surface area contributed by atoms with Crippen LogP contribution in [0.2, 0.25) is 0 Å². The largest absolute Gasteiger partial charge is 0.462 e. The quantitative estimate of drug-likeness (QED) is 0.108. The number of esters is 1. The first-order valence-corrected chi connectivity index (χ1v) is 14.7. The molecule has 0 fully saturated rings. The Bertz CT molecular complexity index is 1980. The third-order valence-corrected chi connectivity index (χ3v) is 8.65. The number of ether oxygens (including phenoxy) is 1. The zero-order valence-corrected chi connectivity index (χ0v) is 24.3. The van der Waals surface area contributed by atoms with Gasteiger partial charge in [0.05, 0.1) is 22.1 Å². The van der Waals surface area contributed by atoms with Crippen molar-refractivity contribution in [2.24, 2.45) is 0 Å². The van der Waals surface area contributed by atoms with Crippen molar-refractivity contribution in [3.63, 3.8) is 0 Å². The summed E-state index contributed by atoms with van der Waals surface area (Å²) in [5.41, 5.74) is 1.79. The molecule has 0 N–H and O–H groups in total. The number of aryl methyl sites for hydroxylation is 2. The van der Waals surface area contributed by atoms with Crippen molar-refractivity contribution in [3.8, 4) is 11.3 Å². The molecule has 0 aliphatic heterocycles. The number of rotatable bonds is 8. The van der Waals surface area contributed by atoms with Crippen molar-refractivity contribution in [3.05, 3.63) is 123 Å². The van der Waals surface area contributed by atoms with Gasteiger partial charge >= 0.3 is 5.97 Å². The van der Waals surface area contributed by atoms with Gasteiger partial charge in [-0.1, -0.05) is 48.0 Å². The lowest BCUT2D eigenvalue weighted by molar-refractivity contribution is -0.384. The highest BCUT2D eigenvalue weighted by atomic mass is 32.2. The molecule has 43 heavy (non-hydrogen) atoms. The van der Waals surface area contributed by atoms with Crippen molar-refractivity contribution in [2.75, 3.05) is 10.9 Å². The molecule has 5 aromatic rings. The number of hydrogen-bond acceptors (Lipinski definition) is 8. The fraction of sp³-hybridized carbons (Fsp3) is 0.125. The van der Waals surface area contributed by atoms with Crippen LogP contribution in [0, 0.1) is 24.0 Å². The van der Waals surface area contributed by atoms with E-state index in [0.29, 0.717) is 15.4 Å². The number of anilines is 1. The second-order valence-electron chi connectivity index (χ2n) is 9.72. The second kappa shape index (κ2) is 11.5. The SMILES string of the molecule is CCOC(=O)c1c(-c2ccccc2)oc2ccc(N(C(=O)c3ccc([N+](=O)[O-])cc3)S(=O)(=O)c3ccc(C)cc3C)cc12. The summed E-state index contributed by atoms with van der Waals surface area (Å²) >= 11 is 0. The Kier molecular flexibility index (Phi) is 7.83. The molecule has 0 atom stereocenters. The van der Waals surface area contributed by atoms with Crippen LogP contribution < -0.4 is 4.31 Å². The predicted octanol–water partition coefficient (Wildman–Crippen LogP) is 6.84. The van der Waals surface area contributed by atoms with Crippen LogP contribution in [0.25, 0.3) is 22.3 Å². The van der Waals surface area contributed by atoms with Gasteiger partial charge in [-0.2, -0.15) is 4.31 Å². The van der Waals surface area contributed by atoms with Gasteiger partial charge in [0, 0.05) is 28.6 Å². The third kappa shape index (κ3) is 5.50. The monoisotopic (exact) mass is 598 g/mol. The average Bonchev–Trinajstić information content (AvgIpc) is 3.36. The molecule has 1 heterocycles. The van der Waals surface area contributed by atoms with Gasteiger partial charge < -0.3 is 9.15 Å². The predicted molar refractivity (Wildman–Crippen MR) is 161 cm³/mol. The molecule has 1 aromatic heterocycles. The second-order valence-corrected chi connectivity index (χ2v) is 11.5. The van der Waals surface area contributed by atoms with Crippen LogP contribution in [0.1, 0.15) is 38.8 Å². The van der Waals surface area contributed by atoms with Crippen LogP contribution in [0.3, 0.4) is 0 Å². The summed E-state index contributed by atoms with van der Waals surface area (Å²) in [7, 11) is -4.53. The summed E-state index contributed by atoms with van der Waals surface area (Å²) in [6, 6.07) is 22.5. The molecule has 0 aliphatic carbocycles. The Labute approximate surface area is 247 Å². The average molecular weight is 599 g/mol. The molecule has 218 valence electrons. The first kappa shape index (κ1) is 29.2. The minimum atomic E-state index is -4.53. The van der Waals surface area contributed by atoms with Crippen LogP contribution in [-0.4, -0.2) is 31.8 Å². The number of fused-ring (bicyclic) bond motifs is 1. The topological polar surface area (TPSA) is 137 Å². The molecule has 5 rings (SSSR count). The molecule has 0 bridgehead atoms. The number of nitro groups is 1. The molecule has 4 aromatic carbocycles. The number of sulfonamides is 1. The van der Waals surface area contributed by atoms with Crippen LogP contribution in [0.4, 0.5) is 11.4 Å². The highest BCUT2D eigenvalue weighted by molar-refractivity contribution is 7.93. The third-order valence-electron chi connectivity index (χ3n) is 6.78. The zero-order chi connectivity index (χ0) is 30.9. The van der Waals surface area contributed by atoms with Gasteiger partial charge in [0.25, 0.3) is 21.6 Å². The van der Waals surface area contributed by atoms with Crippen LogP contribution in [0.15, 0.2) is 100 Å². The Balaban J connectivity index is 1.75. The molecule has 0 radical (unpaired) electrons. The van der Waals surface area contributed by atoms with E-state index in [4.69, 9.17) is 9.15 Å². The summed E-state index contributed by atoms with van der Waals surface area (Å²) in [6.07, 6.45) is 0. The van der Waals surface area contributed by atoms with Crippen molar-refractivity contribution < 1.29 is 32.1 Å². The summed E-state index contributed by atoms with van der Waals surface area (Å²) < 4.78 is 40.4. The number of hydrogen-bond donors (Lipinski definition) is 0. The van der Waals surface area contributed by atoms with E-state index in [9.17, 15) is 28.1 Å². The van der Waals surface area contributed by atoms with Gasteiger partial charge in [-0.15, -0.1) is 0 Å². The Morgan fingerprint density at radius 2 is 1.63 bits per heavy atom. The van der Waals surface area contributed by atoms with E-state index >= 15 is 0 Å². The van der Waals surface area contributed by atoms with E-state index in [1.807, 2.05) is 13.0 Å². The number of nitro benzene ring substituents is 1. The summed E-state index contributed by atoms with van der Waals surface area (Å²) in [5, 5.41) is 11.4. The number of non-ortho nitro benzene ring substituents is 1. The van der Waals surface area contributed by atoms with Gasteiger partial charge in [-0.25, -0.2) is 13.2 Å². The van der Waals surface area contributed by atoms with Crippen LogP contribution in [-0.2, 0) is 14.8 Å². The Hall–Kier alpha value is -5.29. The number of furan rings is 1. The van der Waals surface area contributed by atoms with Crippen molar-refractivity contribution >= 4 is 44.2 Å². The van der Waals surface area contributed by atoms with E-state index in [1.54, 1.807) is 50.2 Å². The molecular formula is C32H26N2O8S. The molecule has 11 heteroatoms. The lowest BCUT2D eigenvalue weighted by Crippen LogP contribution is -2.37. The van der Waals surface area contributed by atoms with E-state index in [0.717, 1.165) is 17.7 Å². The molecule has 0 saturated carbocycles. The summed E-state index contributed by atoms with van der Waals surface area (Å²) in [4.78, 5) is 37.6. The van der Waals surface area contributed by atoms with E-state index in [-0.39, 0.29) is 50.7 Å². The highest BCUT2D eigenvalue weighted by Crippen LogP contribution is 2.38. The number of carbonyl (C=O) groups excluding carboxylic acids is 2. The molecule has 10 nitrogen and oxygen atoms in total. The number of benzene rings is 4. The lowest BCUT2D eigenvalue weighted by atomic mass is 10.1. The maximum absolute atomic E-state index is 14.2. The van der Waals surface area contributed by atoms with Crippen molar-refractivity contribution in [1.29, 1.82) is 0 Å². The van der Waals surface area contributed by atoms with Gasteiger partial charge in [0.2, 0.25) is 0 Å². The van der Waals surface area contributed by atoms with Crippen LogP contribution in [0.5, 0.6) is 0 Å². The maximum Gasteiger partial charge on any atom is 0.342 e. The molecule has 0 spiro atoms. The van der Waals surface area contributed by atoms with Crippen molar-refractivity contribution in [1.82, 2.24) is 0 Å². The Morgan fingerprint density at radius 3 is 2.26 bits per heavy atom. The normalized spacial score (nSPS) is 11.3. The zero-order valence-electron chi connectivity index (χ0n) is 23.4. The van der Waals surface area contributed by atoms with E-state index < -0.39 is 26.8 Å². The Morgan fingerprint density at radius 1 is 0.930 bits per heavy atom. The number of amides is 1. The number of nitrogens with zero attached hydrogens (tertiary/aromatic N) is 2.